The standard InChI is InChI=1S/C11H14N4O2S/c1-15(4-8-2-3-17-6-8)5-9-7-18-11(13-9)10(16)14-12/h2-3,6-7H,4-5,12H2,1H3,(H,14,16). The van der Waals surface area contributed by atoms with Crippen LogP contribution in [0.2, 0.25) is 0 Å². The maximum Gasteiger partial charge on any atom is 0.294 e. The third-order valence-electron chi connectivity index (χ3n) is 2.34. The van der Waals surface area contributed by atoms with Crippen LogP contribution in [0.15, 0.2) is 28.4 Å². The molecule has 1 amide bonds. The van der Waals surface area contributed by atoms with E-state index in [-0.39, 0.29) is 5.91 Å². The van der Waals surface area contributed by atoms with Crippen molar-refractivity contribution in [2.45, 2.75) is 13.1 Å². The highest BCUT2D eigenvalue weighted by Gasteiger charge is 2.11. The molecule has 2 aromatic heterocycles. The lowest BCUT2D eigenvalue weighted by Gasteiger charge is -2.13. The van der Waals surface area contributed by atoms with Gasteiger partial charge in [-0.1, -0.05) is 0 Å². The van der Waals surface area contributed by atoms with Gasteiger partial charge in [-0.25, -0.2) is 10.8 Å². The zero-order chi connectivity index (χ0) is 13.0. The lowest BCUT2D eigenvalue weighted by molar-refractivity contribution is 0.0953. The van der Waals surface area contributed by atoms with Gasteiger partial charge < -0.3 is 4.42 Å². The van der Waals surface area contributed by atoms with Crippen molar-refractivity contribution in [2.75, 3.05) is 7.05 Å². The molecule has 0 unspecified atom stereocenters. The maximum absolute atomic E-state index is 11.3. The minimum absolute atomic E-state index is 0.358. The molecule has 2 heterocycles. The Bertz CT molecular complexity index is 509. The maximum atomic E-state index is 11.3. The Morgan fingerprint density at radius 2 is 2.44 bits per heavy atom. The van der Waals surface area contributed by atoms with Gasteiger partial charge in [-0.2, -0.15) is 0 Å². The number of carbonyl (C=O) groups is 1. The Kier molecular flexibility index (Phi) is 4.08. The van der Waals surface area contributed by atoms with Gasteiger partial charge >= 0.3 is 0 Å². The number of carbonyl (C=O) groups excluding carboxylic acids is 1. The first kappa shape index (κ1) is 12.7. The van der Waals surface area contributed by atoms with Crippen LogP contribution in [0.4, 0.5) is 0 Å². The number of amides is 1. The minimum atomic E-state index is -0.358. The van der Waals surface area contributed by atoms with Crippen molar-refractivity contribution in [1.29, 1.82) is 0 Å². The van der Waals surface area contributed by atoms with Gasteiger partial charge in [-0.15, -0.1) is 11.3 Å². The largest absolute Gasteiger partial charge is 0.472 e. The van der Waals surface area contributed by atoms with E-state index in [0.717, 1.165) is 17.8 Å². The first-order valence-corrected chi connectivity index (χ1v) is 6.22. The highest BCUT2D eigenvalue weighted by molar-refractivity contribution is 7.11. The molecule has 0 aliphatic carbocycles. The molecule has 0 saturated heterocycles. The average molecular weight is 266 g/mol. The van der Waals surface area contributed by atoms with Crippen LogP contribution in [0, 0.1) is 0 Å². The number of hydrazine groups is 1. The fourth-order valence-electron chi connectivity index (χ4n) is 1.57. The summed E-state index contributed by atoms with van der Waals surface area (Å²) in [6, 6.07) is 1.92. The van der Waals surface area contributed by atoms with Gasteiger partial charge in [0.1, 0.15) is 0 Å². The van der Waals surface area contributed by atoms with E-state index >= 15 is 0 Å². The van der Waals surface area contributed by atoms with Gasteiger partial charge in [0.25, 0.3) is 5.91 Å². The normalized spacial score (nSPS) is 10.8. The van der Waals surface area contributed by atoms with Crippen LogP contribution in [-0.4, -0.2) is 22.8 Å². The average Bonchev–Trinajstić information content (AvgIpc) is 2.99. The van der Waals surface area contributed by atoms with E-state index in [4.69, 9.17) is 10.3 Å². The Hall–Kier alpha value is -1.70. The SMILES string of the molecule is CN(Cc1ccoc1)Cc1csc(C(=O)NN)n1. The van der Waals surface area contributed by atoms with Crippen LogP contribution in [0.5, 0.6) is 0 Å². The fraction of sp³-hybridized carbons (Fsp3) is 0.273. The first-order valence-electron chi connectivity index (χ1n) is 5.34. The number of thiazole rings is 1. The molecule has 3 N–H and O–H groups in total. The Morgan fingerprint density at radius 1 is 1.61 bits per heavy atom. The third-order valence-corrected chi connectivity index (χ3v) is 3.23. The first-order chi connectivity index (χ1) is 8.69. The van der Waals surface area contributed by atoms with Gasteiger partial charge in [-0.05, 0) is 13.1 Å². The molecule has 0 radical (unpaired) electrons. The number of nitrogen functional groups attached to an aromatic ring is 1. The van der Waals surface area contributed by atoms with Crippen molar-refractivity contribution < 1.29 is 9.21 Å². The number of furan rings is 1. The van der Waals surface area contributed by atoms with E-state index in [0.29, 0.717) is 11.6 Å². The monoisotopic (exact) mass is 266 g/mol. The molecule has 96 valence electrons. The van der Waals surface area contributed by atoms with E-state index in [1.54, 1.807) is 12.5 Å². The van der Waals surface area contributed by atoms with E-state index in [2.05, 4.69) is 15.3 Å². The number of nitrogens with one attached hydrogen (secondary N) is 1. The van der Waals surface area contributed by atoms with Crippen LogP contribution in [0.1, 0.15) is 21.1 Å². The van der Waals surface area contributed by atoms with E-state index in [9.17, 15) is 4.79 Å². The molecule has 0 aromatic carbocycles. The summed E-state index contributed by atoms with van der Waals surface area (Å²) in [7, 11) is 1.98. The molecular formula is C11H14N4O2S. The molecule has 0 saturated carbocycles. The van der Waals surface area contributed by atoms with Gasteiger partial charge in [0, 0.05) is 24.0 Å². The van der Waals surface area contributed by atoms with E-state index in [1.165, 1.54) is 11.3 Å². The fourth-order valence-corrected chi connectivity index (χ4v) is 2.28. The Morgan fingerprint density at radius 3 is 3.11 bits per heavy atom. The van der Waals surface area contributed by atoms with Crippen molar-refractivity contribution in [3.63, 3.8) is 0 Å². The van der Waals surface area contributed by atoms with Gasteiger partial charge in [-0.3, -0.25) is 15.1 Å². The van der Waals surface area contributed by atoms with Crippen LogP contribution in [0.3, 0.4) is 0 Å². The number of hydrogen-bond acceptors (Lipinski definition) is 6. The number of rotatable bonds is 5. The Balaban J connectivity index is 1.92. The molecular weight excluding hydrogens is 252 g/mol. The summed E-state index contributed by atoms with van der Waals surface area (Å²) in [6.07, 6.45) is 3.36. The predicted octanol–water partition coefficient (Wildman–Crippen LogP) is 0.972. The molecule has 0 spiro atoms. The summed E-state index contributed by atoms with van der Waals surface area (Å²) in [5, 5.41) is 2.24. The second kappa shape index (κ2) is 5.76. The number of nitrogens with zero attached hydrogens (tertiary/aromatic N) is 2. The zero-order valence-electron chi connectivity index (χ0n) is 9.92. The van der Waals surface area contributed by atoms with E-state index < -0.39 is 0 Å². The third kappa shape index (κ3) is 3.16. The molecule has 2 aromatic rings. The zero-order valence-corrected chi connectivity index (χ0v) is 10.7. The van der Waals surface area contributed by atoms with Crippen molar-refractivity contribution in [2.24, 2.45) is 5.84 Å². The topological polar surface area (TPSA) is 84.4 Å². The molecule has 2 rings (SSSR count). The highest BCUT2D eigenvalue weighted by Crippen LogP contribution is 2.12. The summed E-state index contributed by atoms with van der Waals surface area (Å²) in [4.78, 5) is 17.6. The van der Waals surface area contributed by atoms with Crippen molar-refractivity contribution >= 4 is 17.2 Å². The highest BCUT2D eigenvalue weighted by atomic mass is 32.1. The molecule has 0 aliphatic heterocycles. The quantitative estimate of drug-likeness (QED) is 0.478. The molecule has 0 atom stereocenters. The summed E-state index contributed by atoms with van der Waals surface area (Å²) >= 11 is 1.28. The number of nitrogens with two attached hydrogens (primary N) is 1. The molecule has 0 bridgehead atoms. The van der Waals surface area contributed by atoms with Crippen LogP contribution in [0.25, 0.3) is 0 Å². The molecule has 0 aliphatic rings. The predicted molar refractivity (Wildman–Crippen MR) is 67.6 cm³/mol. The lowest BCUT2D eigenvalue weighted by atomic mass is 10.3. The summed E-state index contributed by atoms with van der Waals surface area (Å²) in [5.74, 6) is 4.69. The van der Waals surface area contributed by atoms with Crippen LogP contribution >= 0.6 is 11.3 Å². The van der Waals surface area contributed by atoms with Gasteiger partial charge in [0.15, 0.2) is 5.01 Å². The minimum Gasteiger partial charge on any atom is -0.472 e. The van der Waals surface area contributed by atoms with Crippen molar-refractivity contribution in [3.8, 4) is 0 Å². The number of hydrogen-bond donors (Lipinski definition) is 2. The summed E-state index contributed by atoms with van der Waals surface area (Å²) < 4.78 is 5.01. The van der Waals surface area contributed by atoms with Crippen LogP contribution < -0.4 is 11.3 Å². The molecule has 18 heavy (non-hydrogen) atoms. The number of aromatic nitrogens is 1. The molecule has 6 nitrogen and oxygen atoms in total. The summed E-state index contributed by atoms with van der Waals surface area (Å²) in [6.45, 7) is 1.44. The molecule has 0 fully saturated rings. The van der Waals surface area contributed by atoms with E-state index in [1.807, 2.05) is 18.5 Å². The van der Waals surface area contributed by atoms with Crippen molar-refractivity contribution in [3.05, 3.63) is 40.2 Å². The Labute approximate surface area is 108 Å². The smallest absolute Gasteiger partial charge is 0.294 e. The second-order valence-electron chi connectivity index (χ2n) is 3.92. The van der Waals surface area contributed by atoms with Gasteiger partial charge in [0.05, 0.1) is 18.2 Å². The summed E-state index contributed by atoms with van der Waals surface area (Å²) in [5.41, 5.74) is 4.02. The lowest BCUT2D eigenvalue weighted by Crippen LogP contribution is -2.29. The van der Waals surface area contributed by atoms with Gasteiger partial charge in [0.2, 0.25) is 0 Å². The van der Waals surface area contributed by atoms with Crippen LogP contribution in [-0.2, 0) is 13.1 Å². The van der Waals surface area contributed by atoms with Crippen molar-refractivity contribution in [1.82, 2.24) is 15.3 Å². The second-order valence-corrected chi connectivity index (χ2v) is 4.78. The molecule has 7 heteroatoms.